The zero-order chi connectivity index (χ0) is 18.2. The van der Waals surface area contributed by atoms with Gasteiger partial charge in [0.2, 0.25) is 0 Å². The highest BCUT2D eigenvalue weighted by atomic mass is 16.5. The molecule has 7 nitrogen and oxygen atoms in total. The van der Waals surface area contributed by atoms with Crippen molar-refractivity contribution in [3.8, 4) is 11.5 Å². The van der Waals surface area contributed by atoms with Gasteiger partial charge in [-0.3, -0.25) is 4.79 Å². The minimum atomic E-state index is -0.270. The average molecular weight is 344 g/mol. The molecule has 25 heavy (non-hydrogen) atoms. The first-order valence-corrected chi connectivity index (χ1v) is 8.20. The van der Waals surface area contributed by atoms with Gasteiger partial charge in [-0.05, 0) is 43.7 Å². The Morgan fingerprint density at radius 2 is 1.76 bits per heavy atom. The number of hydrogen-bond acceptors (Lipinski definition) is 6. The van der Waals surface area contributed by atoms with E-state index in [4.69, 9.17) is 9.47 Å². The summed E-state index contributed by atoms with van der Waals surface area (Å²) in [5, 5.41) is 11.0. The van der Waals surface area contributed by atoms with Gasteiger partial charge in [-0.25, -0.2) is 0 Å². The van der Waals surface area contributed by atoms with Crippen molar-refractivity contribution in [1.29, 1.82) is 0 Å². The van der Waals surface area contributed by atoms with Crippen molar-refractivity contribution in [2.24, 2.45) is 0 Å². The van der Waals surface area contributed by atoms with Crippen molar-refractivity contribution < 1.29 is 14.3 Å². The molecule has 0 aliphatic carbocycles. The van der Waals surface area contributed by atoms with Crippen LogP contribution in [0.25, 0.3) is 0 Å². The van der Waals surface area contributed by atoms with Crippen LogP contribution in [0.3, 0.4) is 0 Å². The molecule has 7 heteroatoms. The predicted molar refractivity (Wildman–Crippen MR) is 96.3 cm³/mol. The van der Waals surface area contributed by atoms with Crippen LogP contribution in [0.2, 0.25) is 0 Å². The Hall–Kier alpha value is -2.83. The summed E-state index contributed by atoms with van der Waals surface area (Å²) in [6.45, 7) is 6.15. The van der Waals surface area contributed by atoms with E-state index in [-0.39, 0.29) is 11.6 Å². The summed E-state index contributed by atoms with van der Waals surface area (Å²) in [7, 11) is 3.16. The van der Waals surface area contributed by atoms with Crippen LogP contribution < -0.4 is 19.7 Å². The molecule has 0 saturated carbocycles. The zero-order valence-corrected chi connectivity index (χ0v) is 15.1. The Morgan fingerprint density at radius 1 is 1.04 bits per heavy atom. The molecule has 1 amide bonds. The number of anilines is 1. The SMILES string of the molecule is CCN(CC)c1ccc(C(=O)NCc2ccc(OC)c(OC)c2)nn1. The fourth-order valence-corrected chi connectivity index (χ4v) is 2.43. The molecule has 0 bridgehead atoms. The van der Waals surface area contributed by atoms with Crippen molar-refractivity contribution in [2.75, 3.05) is 32.2 Å². The average Bonchev–Trinajstić information content (AvgIpc) is 2.67. The number of methoxy groups -OCH3 is 2. The van der Waals surface area contributed by atoms with Crippen LogP contribution in [-0.4, -0.2) is 43.4 Å². The van der Waals surface area contributed by atoms with Crippen LogP contribution in [0, 0.1) is 0 Å². The lowest BCUT2D eigenvalue weighted by Crippen LogP contribution is -2.26. The highest BCUT2D eigenvalue weighted by Gasteiger charge is 2.11. The lowest BCUT2D eigenvalue weighted by Gasteiger charge is -2.18. The van der Waals surface area contributed by atoms with Gasteiger partial charge in [-0.15, -0.1) is 10.2 Å². The smallest absolute Gasteiger partial charge is 0.272 e. The van der Waals surface area contributed by atoms with Gasteiger partial charge in [0.05, 0.1) is 14.2 Å². The molecule has 2 aromatic rings. The molecule has 1 N–H and O–H groups in total. The summed E-state index contributed by atoms with van der Waals surface area (Å²) >= 11 is 0. The van der Waals surface area contributed by atoms with Crippen LogP contribution in [0.1, 0.15) is 29.9 Å². The Morgan fingerprint density at radius 3 is 2.32 bits per heavy atom. The molecule has 1 heterocycles. The van der Waals surface area contributed by atoms with Crippen molar-refractivity contribution in [3.63, 3.8) is 0 Å². The number of aromatic nitrogens is 2. The third-order valence-corrected chi connectivity index (χ3v) is 3.87. The quantitative estimate of drug-likeness (QED) is 0.792. The Kier molecular flexibility index (Phi) is 6.56. The van der Waals surface area contributed by atoms with E-state index in [9.17, 15) is 4.79 Å². The second kappa shape index (κ2) is 8.86. The largest absolute Gasteiger partial charge is 0.493 e. The molecule has 0 atom stereocenters. The maximum atomic E-state index is 12.2. The number of carbonyl (C=O) groups is 1. The number of nitrogens with one attached hydrogen (secondary N) is 1. The summed E-state index contributed by atoms with van der Waals surface area (Å²) in [6, 6.07) is 9.00. The number of benzene rings is 1. The molecule has 0 unspecified atom stereocenters. The summed E-state index contributed by atoms with van der Waals surface area (Å²) in [6.07, 6.45) is 0. The molecular weight excluding hydrogens is 320 g/mol. The zero-order valence-electron chi connectivity index (χ0n) is 15.1. The van der Waals surface area contributed by atoms with Crippen molar-refractivity contribution >= 4 is 11.7 Å². The first kappa shape index (κ1) is 18.5. The van der Waals surface area contributed by atoms with Crippen molar-refractivity contribution in [3.05, 3.63) is 41.6 Å². The topological polar surface area (TPSA) is 76.6 Å². The highest BCUT2D eigenvalue weighted by molar-refractivity contribution is 5.92. The fourth-order valence-electron chi connectivity index (χ4n) is 2.43. The third-order valence-electron chi connectivity index (χ3n) is 3.87. The molecule has 0 saturated heterocycles. The molecule has 0 radical (unpaired) electrons. The highest BCUT2D eigenvalue weighted by Crippen LogP contribution is 2.27. The maximum Gasteiger partial charge on any atom is 0.272 e. The maximum absolute atomic E-state index is 12.2. The van der Waals surface area contributed by atoms with E-state index in [1.807, 2.05) is 18.2 Å². The third kappa shape index (κ3) is 4.59. The number of ether oxygens (including phenoxy) is 2. The molecule has 0 fully saturated rings. The summed E-state index contributed by atoms with van der Waals surface area (Å²) in [4.78, 5) is 14.3. The van der Waals surface area contributed by atoms with Gasteiger partial charge < -0.3 is 19.7 Å². The van der Waals surface area contributed by atoms with Gasteiger partial charge >= 0.3 is 0 Å². The van der Waals surface area contributed by atoms with E-state index in [1.165, 1.54) is 0 Å². The summed E-state index contributed by atoms with van der Waals surface area (Å²) < 4.78 is 10.5. The Balaban J connectivity index is 2.00. The van der Waals surface area contributed by atoms with Crippen molar-refractivity contribution in [1.82, 2.24) is 15.5 Å². The second-order valence-electron chi connectivity index (χ2n) is 5.32. The van der Waals surface area contributed by atoms with E-state index in [1.54, 1.807) is 26.4 Å². The van der Waals surface area contributed by atoms with Gasteiger partial charge in [0, 0.05) is 19.6 Å². The van der Waals surface area contributed by atoms with Crippen LogP contribution in [0.5, 0.6) is 11.5 Å². The summed E-state index contributed by atoms with van der Waals surface area (Å²) in [5.41, 5.74) is 1.19. The molecule has 0 aliphatic heterocycles. The second-order valence-corrected chi connectivity index (χ2v) is 5.32. The predicted octanol–water partition coefficient (Wildman–Crippen LogP) is 2.27. The van der Waals surface area contributed by atoms with E-state index in [0.717, 1.165) is 24.5 Å². The Labute approximate surface area is 148 Å². The molecule has 2 rings (SSSR count). The molecule has 134 valence electrons. The van der Waals surface area contributed by atoms with Crippen molar-refractivity contribution in [2.45, 2.75) is 20.4 Å². The van der Waals surface area contributed by atoms with Gasteiger partial charge in [-0.2, -0.15) is 0 Å². The number of amides is 1. The molecule has 0 spiro atoms. The lowest BCUT2D eigenvalue weighted by atomic mass is 10.2. The van der Waals surface area contributed by atoms with Crippen LogP contribution in [0.15, 0.2) is 30.3 Å². The first-order valence-electron chi connectivity index (χ1n) is 8.20. The van der Waals surface area contributed by atoms with Gasteiger partial charge in [-0.1, -0.05) is 6.07 Å². The number of hydrogen-bond donors (Lipinski definition) is 1. The van der Waals surface area contributed by atoms with E-state index >= 15 is 0 Å². The van der Waals surface area contributed by atoms with Crippen LogP contribution in [-0.2, 0) is 6.54 Å². The summed E-state index contributed by atoms with van der Waals surface area (Å²) in [5.74, 6) is 1.77. The fraction of sp³-hybridized carbons (Fsp3) is 0.389. The van der Waals surface area contributed by atoms with E-state index in [0.29, 0.717) is 18.0 Å². The monoisotopic (exact) mass is 344 g/mol. The Bertz CT molecular complexity index is 700. The molecule has 1 aromatic heterocycles. The minimum absolute atomic E-state index is 0.270. The lowest BCUT2D eigenvalue weighted by molar-refractivity contribution is 0.0945. The molecular formula is C18H24N4O3. The number of rotatable bonds is 8. The molecule has 0 aliphatic rings. The number of carbonyl (C=O) groups excluding carboxylic acids is 1. The first-order chi connectivity index (χ1) is 12.1. The van der Waals surface area contributed by atoms with Crippen LogP contribution >= 0.6 is 0 Å². The minimum Gasteiger partial charge on any atom is -0.493 e. The standard InChI is InChI=1S/C18H24N4O3/c1-5-22(6-2)17-10-8-14(20-21-17)18(23)19-12-13-7-9-15(24-3)16(11-13)25-4/h7-11H,5-6,12H2,1-4H3,(H,19,23). The number of nitrogens with zero attached hydrogens (tertiary/aromatic N) is 3. The van der Waals surface area contributed by atoms with Gasteiger partial charge in [0.25, 0.3) is 5.91 Å². The van der Waals surface area contributed by atoms with E-state index < -0.39 is 0 Å². The van der Waals surface area contributed by atoms with E-state index in [2.05, 4.69) is 34.3 Å². The van der Waals surface area contributed by atoms with Crippen LogP contribution in [0.4, 0.5) is 5.82 Å². The normalized spacial score (nSPS) is 10.2. The van der Waals surface area contributed by atoms with Gasteiger partial charge in [0.1, 0.15) is 0 Å². The molecule has 1 aromatic carbocycles. The van der Waals surface area contributed by atoms with Gasteiger partial charge in [0.15, 0.2) is 23.0 Å².